The topological polar surface area (TPSA) is 42.7 Å². The fourth-order valence-corrected chi connectivity index (χ4v) is 2.67. The van der Waals surface area contributed by atoms with Gasteiger partial charge in [0, 0.05) is 31.7 Å². The Balaban J connectivity index is 1.72. The van der Waals surface area contributed by atoms with Gasteiger partial charge in [0.1, 0.15) is 0 Å². The molecule has 0 bridgehead atoms. The van der Waals surface area contributed by atoms with Crippen molar-refractivity contribution in [3.63, 3.8) is 0 Å². The Labute approximate surface area is 124 Å². The average molecular weight is 280 g/mol. The number of hydrogen-bond donors (Lipinski definition) is 1. The van der Waals surface area contributed by atoms with Crippen LogP contribution >= 0.6 is 0 Å². The normalized spacial score (nSPS) is 11.1. The average Bonchev–Trinajstić information content (AvgIpc) is 2.85. The quantitative estimate of drug-likeness (QED) is 0.781. The number of nitrogens with one attached hydrogen (secondary N) is 1. The highest BCUT2D eigenvalue weighted by molar-refractivity contribution is 5.81. The van der Waals surface area contributed by atoms with Gasteiger partial charge in [0.2, 0.25) is 0 Å². The van der Waals surface area contributed by atoms with Crippen molar-refractivity contribution < 1.29 is 0 Å². The predicted molar refractivity (Wildman–Crippen MR) is 84.9 cm³/mol. The second-order valence-corrected chi connectivity index (χ2v) is 5.15. The van der Waals surface area contributed by atoms with E-state index in [9.17, 15) is 0 Å². The van der Waals surface area contributed by atoms with E-state index in [1.54, 1.807) is 0 Å². The van der Waals surface area contributed by atoms with Gasteiger partial charge >= 0.3 is 0 Å². The van der Waals surface area contributed by atoms with Crippen LogP contribution in [0.25, 0.3) is 10.9 Å². The van der Waals surface area contributed by atoms with Crippen LogP contribution in [0.4, 0.5) is 0 Å². The first-order valence-electron chi connectivity index (χ1n) is 7.33. The van der Waals surface area contributed by atoms with Gasteiger partial charge in [-0.3, -0.25) is 9.67 Å². The lowest BCUT2D eigenvalue weighted by Crippen LogP contribution is -2.15. The number of pyridine rings is 1. The zero-order valence-corrected chi connectivity index (χ0v) is 12.5. The standard InChI is InChI=1S/C17H20N4/c1-3-13-7-6-10-19-15(13)11-18-12-16-14-8-4-5-9-17(14)21(2)20-16/h4-10,18H,3,11-12H2,1-2H3. The van der Waals surface area contributed by atoms with E-state index in [1.807, 2.05) is 30.1 Å². The molecule has 0 aliphatic carbocycles. The van der Waals surface area contributed by atoms with E-state index in [0.717, 1.165) is 30.9 Å². The Bertz CT molecular complexity index is 745. The summed E-state index contributed by atoms with van der Waals surface area (Å²) in [6.45, 7) is 3.68. The van der Waals surface area contributed by atoms with E-state index in [1.165, 1.54) is 16.5 Å². The SMILES string of the molecule is CCc1cccnc1CNCc1nn(C)c2ccccc12. The van der Waals surface area contributed by atoms with Crippen LogP contribution in [-0.2, 0) is 26.6 Å². The van der Waals surface area contributed by atoms with Crippen molar-refractivity contribution in [3.05, 3.63) is 59.5 Å². The van der Waals surface area contributed by atoms with E-state index in [0.29, 0.717) is 0 Å². The Morgan fingerprint density at radius 2 is 1.86 bits per heavy atom. The molecule has 3 aromatic rings. The number of nitrogens with zero attached hydrogens (tertiary/aromatic N) is 3. The third kappa shape index (κ3) is 2.81. The van der Waals surface area contributed by atoms with Crippen molar-refractivity contribution in [3.8, 4) is 0 Å². The van der Waals surface area contributed by atoms with Crippen LogP contribution in [0, 0.1) is 0 Å². The summed E-state index contributed by atoms with van der Waals surface area (Å²) < 4.78 is 1.94. The Kier molecular flexibility index (Phi) is 3.97. The van der Waals surface area contributed by atoms with E-state index < -0.39 is 0 Å². The fraction of sp³-hybridized carbons (Fsp3) is 0.294. The Hall–Kier alpha value is -2.20. The summed E-state index contributed by atoms with van der Waals surface area (Å²) in [6.07, 6.45) is 2.86. The molecule has 0 radical (unpaired) electrons. The molecule has 1 N–H and O–H groups in total. The van der Waals surface area contributed by atoms with Crippen molar-refractivity contribution in [1.82, 2.24) is 20.1 Å². The summed E-state index contributed by atoms with van der Waals surface area (Å²) in [5, 5.41) is 9.27. The monoisotopic (exact) mass is 280 g/mol. The summed E-state index contributed by atoms with van der Waals surface area (Å²) in [6, 6.07) is 12.5. The van der Waals surface area contributed by atoms with Gasteiger partial charge in [-0.2, -0.15) is 5.10 Å². The first-order valence-corrected chi connectivity index (χ1v) is 7.33. The van der Waals surface area contributed by atoms with E-state index in [-0.39, 0.29) is 0 Å². The number of fused-ring (bicyclic) bond motifs is 1. The summed E-state index contributed by atoms with van der Waals surface area (Å²) >= 11 is 0. The molecule has 0 unspecified atom stereocenters. The lowest BCUT2D eigenvalue weighted by atomic mass is 10.1. The smallest absolute Gasteiger partial charge is 0.0841 e. The molecule has 0 aliphatic heterocycles. The first kappa shape index (κ1) is 13.8. The summed E-state index contributed by atoms with van der Waals surface area (Å²) in [4.78, 5) is 4.46. The molecule has 0 fully saturated rings. The number of hydrogen-bond acceptors (Lipinski definition) is 3. The van der Waals surface area contributed by atoms with Crippen LogP contribution in [0.3, 0.4) is 0 Å². The second-order valence-electron chi connectivity index (χ2n) is 5.15. The first-order chi connectivity index (χ1) is 10.3. The van der Waals surface area contributed by atoms with Gasteiger partial charge in [0.05, 0.1) is 16.9 Å². The molecule has 0 saturated carbocycles. The minimum Gasteiger partial charge on any atom is -0.305 e. The molecule has 0 amide bonds. The molecular weight excluding hydrogens is 260 g/mol. The molecule has 3 rings (SSSR count). The van der Waals surface area contributed by atoms with Crippen molar-refractivity contribution in [2.45, 2.75) is 26.4 Å². The number of aromatic nitrogens is 3. The van der Waals surface area contributed by atoms with Crippen LogP contribution in [-0.4, -0.2) is 14.8 Å². The van der Waals surface area contributed by atoms with Crippen LogP contribution < -0.4 is 5.32 Å². The third-order valence-corrected chi connectivity index (χ3v) is 3.78. The van der Waals surface area contributed by atoms with Crippen LogP contribution in [0.5, 0.6) is 0 Å². The molecule has 4 nitrogen and oxygen atoms in total. The molecule has 0 saturated heterocycles. The highest BCUT2D eigenvalue weighted by Crippen LogP contribution is 2.17. The molecule has 2 heterocycles. The fourth-order valence-electron chi connectivity index (χ4n) is 2.67. The van der Waals surface area contributed by atoms with Crippen LogP contribution in [0.15, 0.2) is 42.6 Å². The number of aryl methyl sites for hydroxylation is 2. The largest absolute Gasteiger partial charge is 0.305 e. The van der Waals surface area contributed by atoms with Gasteiger partial charge < -0.3 is 5.32 Å². The Morgan fingerprint density at radius 3 is 2.71 bits per heavy atom. The van der Waals surface area contributed by atoms with E-state index >= 15 is 0 Å². The minimum atomic E-state index is 0.751. The maximum Gasteiger partial charge on any atom is 0.0841 e. The highest BCUT2D eigenvalue weighted by atomic mass is 15.3. The van der Waals surface area contributed by atoms with Gasteiger partial charge in [-0.25, -0.2) is 0 Å². The van der Waals surface area contributed by atoms with Crippen molar-refractivity contribution in [2.75, 3.05) is 0 Å². The predicted octanol–water partition coefficient (Wildman–Crippen LogP) is 2.82. The number of benzene rings is 1. The molecule has 108 valence electrons. The summed E-state index contributed by atoms with van der Waals surface area (Å²) in [5.41, 5.74) is 4.68. The van der Waals surface area contributed by atoms with Crippen LogP contribution in [0.1, 0.15) is 23.9 Å². The molecular formula is C17H20N4. The van der Waals surface area contributed by atoms with Gasteiger partial charge in [0.15, 0.2) is 0 Å². The summed E-state index contributed by atoms with van der Waals surface area (Å²) in [7, 11) is 1.99. The molecule has 4 heteroatoms. The zero-order chi connectivity index (χ0) is 14.7. The van der Waals surface area contributed by atoms with Crippen molar-refractivity contribution >= 4 is 10.9 Å². The van der Waals surface area contributed by atoms with Crippen molar-refractivity contribution in [2.24, 2.45) is 7.05 Å². The number of para-hydroxylation sites is 1. The number of rotatable bonds is 5. The maximum atomic E-state index is 4.60. The van der Waals surface area contributed by atoms with Crippen molar-refractivity contribution in [1.29, 1.82) is 0 Å². The van der Waals surface area contributed by atoms with Gasteiger partial charge in [-0.05, 0) is 24.1 Å². The minimum absolute atomic E-state index is 0.751. The van der Waals surface area contributed by atoms with Crippen LogP contribution in [0.2, 0.25) is 0 Å². The maximum absolute atomic E-state index is 4.60. The highest BCUT2D eigenvalue weighted by Gasteiger charge is 2.08. The van der Waals surface area contributed by atoms with Gasteiger partial charge in [-0.15, -0.1) is 0 Å². The third-order valence-electron chi connectivity index (χ3n) is 3.78. The lowest BCUT2D eigenvalue weighted by molar-refractivity contribution is 0.648. The van der Waals surface area contributed by atoms with Gasteiger partial charge in [-0.1, -0.05) is 31.2 Å². The summed E-state index contributed by atoms with van der Waals surface area (Å²) in [5.74, 6) is 0. The molecule has 2 aromatic heterocycles. The van der Waals surface area contributed by atoms with Gasteiger partial charge in [0.25, 0.3) is 0 Å². The molecule has 1 aromatic carbocycles. The molecule has 0 atom stereocenters. The Morgan fingerprint density at radius 1 is 1.05 bits per heavy atom. The second kappa shape index (κ2) is 6.06. The molecule has 0 aliphatic rings. The molecule has 0 spiro atoms. The van der Waals surface area contributed by atoms with E-state index in [2.05, 4.69) is 46.6 Å². The zero-order valence-electron chi connectivity index (χ0n) is 12.5. The lowest BCUT2D eigenvalue weighted by Gasteiger charge is -2.07. The molecule has 21 heavy (non-hydrogen) atoms. The van der Waals surface area contributed by atoms with E-state index in [4.69, 9.17) is 0 Å².